The highest BCUT2D eigenvalue weighted by Crippen LogP contribution is 2.31. The molecule has 0 saturated carbocycles. The number of carbonyl (C=O) groups is 1. The summed E-state index contributed by atoms with van der Waals surface area (Å²) in [6, 6.07) is 0. The van der Waals surface area contributed by atoms with Crippen molar-refractivity contribution >= 4 is 6.09 Å². The van der Waals surface area contributed by atoms with E-state index >= 15 is 0 Å². The van der Waals surface area contributed by atoms with Gasteiger partial charge in [-0.25, -0.2) is 4.79 Å². The average Bonchev–Trinajstić information content (AvgIpc) is 2.39. The molecule has 1 amide bonds. The van der Waals surface area contributed by atoms with Gasteiger partial charge in [-0.2, -0.15) is 0 Å². The minimum Gasteiger partial charge on any atom is -0.441 e. The van der Waals surface area contributed by atoms with Crippen LogP contribution in [0.15, 0.2) is 0 Å². The van der Waals surface area contributed by atoms with Crippen LogP contribution in [0, 0.1) is 0 Å². The average molecular weight is 214 g/mol. The third-order valence-electron chi connectivity index (χ3n) is 2.77. The van der Waals surface area contributed by atoms with E-state index in [0.29, 0.717) is 13.1 Å². The summed E-state index contributed by atoms with van der Waals surface area (Å²) in [5.74, 6) is 0. The second kappa shape index (κ2) is 4.00. The first kappa shape index (κ1) is 12.3. The Morgan fingerprint density at radius 2 is 2.13 bits per heavy atom. The summed E-state index contributed by atoms with van der Waals surface area (Å²) in [6.07, 6.45) is 1.52. The van der Waals surface area contributed by atoms with Gasteiger partial charge in [-0.1, -0.05) is 0 Å². The number of amides is 1. The molecule has 0 radical (unpaired) electrons. The van der Waals surface area contributed by atoms with Crippen LogP contribution in [0.3, 0.4) is 0 Å². The van der Waals surface area contributed by atoms with E-state index in [2.05, 4.69) is 0 Å². The minimum atomic E-state index is -0.357. The third-order valence-corrected chi connectivity index (χ3v) is 2.77. The highest BCUT2D eigenvalue weighted by Gasteiger charge is 2.44. The maximum absolute atomic E-state index is 11.7. The minimum absolute atomic E-state index is 0.169. The Hall–Kier alpha value is -0.770. The zero-order valence-corrected chi connectivity index (χ0v) is 10.2. The van der Waals surface area contributed by atoms with Crippen LogP contribution in [0.5, 0.6) is 0 Å². The molecule has 2 N–H and O–H groups in total. The Labute approximate surface area is 91.8 Å². The van der Waals surface area contributed by atoms with E-state index in [-0.39, 0.29) is 17.2 Å². The fraction of sp³-hybridized carbons (Fsp3) is 0.909. The normalized spacial score (nSPS) is 27.0. The van der Waals surface area contributed by atoms with Gasteiger partial charge in [-0.3, -0.25) is 4.90 Å². The molecule has 0 aromatic carbocycles. The van der Waals surface area contributed by atoms with Crippen LogP contribution in [-0.4, -0.2) is 35.2 Å². The van der Waals surface area contributed by atoms with Gasteiger partial charge in [0.2, 0.25) is 0 Å². The smallest absolute Gasteiger partial charge is 0.410 e. The Bertz CT molecular complexity index is 247. The summed E-state index contributed by atoms with van der Waals surface area (Å²) in [7, 11) is 0. The van der Waals surface area contributed by atoms with E-state index in [4.69, 9.17) is 10.5 Å². The molecule has 1 saturated heterocycles. The molecule has 4 nitrogen and oxygen atoms in total. The van der Waals surface area contributed by atoms with E-state index in [9.17, 15) is 4.79 Å². The first-order chi connectivity index (χ1) is 6.78. The predicted molar refractivity (Wildman–Crippen MR) is 59.6 cm³/mol. The standard InChI is InChI=1S/C11H22N2O2/c1-10(2,3)13-8-11(4,6-5-7-12)15-9(13)14/h5-8,12H2,1-4H3. The van der Waals surface area contributed by atoms with Gasteiger partial charge < -0.3 is 10.5 Å². The van der Waals surface area contributed by atoms with E-state index in [1.807, 2.05) is 27.7 Å². The molecular weight excluding hydrogens is 192 g/mol. The summed E-state index contributed by atoms with van der Waals surface area (Å²) in [5.41, 5.74) is 4.94. The molecule has 1 aliphatic rings. The van der Waals surface area contributed by atoms with Crippen molar-refractivity contribution in [3.05, 3.63) is 0 Å². The second-order valence-electron chi connectivity index (χ2n) is 5.47. The van der Waals surface area contributed by atoms with Crippen molar-refractivity contribution in [1.82, 2.24) is 4.90 Å². The summed E-state index contributed by atoms with van der Waals surface area (Å²) >= 11 is 0. The zero-order chi connectivity index (χ0) is 11.7. The number of nitrogens with two attached hydrogens (primary N) is 1. The SMILES string of the molecule is CC1(CCCN)CN(C(C)(C)C)C(=O)O1. The number of rotatable bonds is 3. The maximum atomic E-state index is 11.7. The van der Waals surface area contributed by atoms with Gasteiger partial charge >= 0.3 is 6.09 Å². The fourth-order valence-corrected chi connectivity index (χ4v) is 1.81. The fourth-order valence-electron chi connectivity index (χ4n) is 1.81. The lowest BCUT2D eigenvalue weighted by atomic mass is 9.98. The van der Waals surface area contributed by atoms with Crippen LogP contribution in [0.25, 0.3) is 0 Å². The molecule has 1 rings (SSSR count). The summed E-state index contributed by atoms with van der Waals surface area (Å²) in [6.45, 7) is 9.33. The molecule has 0 aromatic rings. The molecule has 1 unspecified atom stereocenters. The Morgan fingerprint density at radius 1 is 1.53 bits per heavy atom. The lowest BCUT2D eigenvalue weighted by molar-refractivity contribution is 0.0636. The first-order valence-corrected chi connectivity index (χ1v) is 5.49. The van der Waals surface area contributed by atoms with E-state index in [1.54, 1.807) is 4.90 Å². The topological polar surface area (TPSA) is 55.6 Å². The van der Waals surface area contributed by atoms with Crippen molar-refractivity contribution in [1.29, 1.82) is 0 Å². The van der Waals surface area contributed by atoms with Gasteiger partial charge in [-0.15, -0.1) is 0 Å². The highest BCUT2D eigenvalue weighted by molar-refractivity contribution is 5.71. The van der Waals surface area contributed by atoms with Crippen LogP contribution < -0.4 is 5.73 Å². The molecule has 1 atom stereocenters. The second-order valence-corrected chi connectivity index (χ2v) is 5.47. The molecule has 4 heteroatoms. The molecule has 0 spiro atoms. The molecular formula is C11H22N2O2. The van der Waals surface area contributed by atoms with Crippen LogP contribution in [0.1, 0.15) is 40.5 Å². The molecule has 88 valence electrons. The Kier molecular flexibility index (Phi) is 3.28. The monoisotopic (exact) mass is 214 g/mol. The Morgan fingerprint density at radius 3 is 2.53 bits per heavy atom. The first-order valence-electron chi connectivity index (χ1n) is 5.49. The maximum Gasteiger partial charge on any atom is 0.410 e. The van der Waals surface area contributed by atoms with Gasteiger partial charge in [0.15, 0.2) is 0 Å². The van der Waals surface area contributed by atoms with Crippen LogP contribution in [0.2, 0.25) is 0 Å². The van der Waals surface area contributed by atoms with Crippen molar-refractivity contribution in [2.75, 3.05) is 13.1 Å². The van der Waals surface area contributed by atoms with Crippen molar-refractivity contribution < 1.29 is 9.53 Å². The lowest BCUT2D eigenvalue weighted by Gasteiger charge is -2.30. The molecule has 0 bridgehead atoms. The largest absolute Gasteiger partial charge is 0.441 e. The van der Waals surface area contributed by atoms with Gasteiger partial charge in [0.05, 0.1) is 6.54 Å². The number of ether oxygens (including phenoxy) is 1. The molecule has 0 aliphatic carbocycles. The molecule has 1 heterocycles. The van der Waals surface area contributed by atoms with Crippen LogP contribution >= 0.6 is 0 Å². The van der Waals surface area contributed by atoms with Gasteiger partial charge in [0.25, 0.3) is 0 Å². The number of hydrogen-bond acceptors (Lipinski definition) is 3. The van der Waals surface area contributed by atoms with Crippen molar-refractivity contribution in [3.63, 3.8) is 0 Å². The molecule has 1 aliphatic heterocycles. The number of nitrogens with zero attached hydrogens (tertiary/aromatic N) is 1. The Balaban J connectivity index is 2.66. The summed E-state index contributed by atoms with van der Waals surface area (Å²) < 4.78 is 5.42. The van der Waals surface area contributed by atoms with Crippen molar-refractivity contribution in [3.8, 4) is 0 Å². The van der Waals surface area contributed by atoms with E-state index in [1.165, 1.54) is 0 Å². The molecule has 1 fully saturated rings. The van der Waals surface area contributed by atoms with E-state index in [0.717, 1.165) is 12.8 Å². The van der Waals surface area contributed by atoms with Crippen molar-refractivity contribution in [2.24, 2.45) is 5.73 Å². The quantitative estimate of drug-likeness (QED) is 0.778. The number of hydrogen-bond donors (Lipinski definition) is 1. The predicted octanol–water partition coefficient (Wildman–Crippen LogP) is 1.73. The molecule has 0 aromatic heterocycles. The summed E-state index contributed by atoms with van der Waals surface area (Å²) in [4.78, 5) is 13.5. The van der Waals surface area contributed by atoms with Crippen LogP contribution in [-0.2, 0) is 4.74 Å². The van der Waals surface area contributed by atoms with Crippen molar-refractivity contribution in [2.45, 2.75) is 51.7 Å². The third kappa shape index (κ3) is 2.84. The summed E-state index contributed by atoms with van der Waals surface area (Å²) in [5, 5.41) is 0. The van der Waals surface area contributed by atoms with Gasteiger partial charge in [0.1, 0.15) is 5.60 Å². The van der Waals surface area contributed by atoms with Gasteiger partial charge in [-0.05, 0) is 47.1 Å². The zero-order valence-electron chi connectivity index (χ0n) is 10.2. The highest BCUT2D eigenvalue weighted by atomic mass is 16.6. The van der Waals surface area contributed by atoms with E-state index < -0.39 is 0 Å². The number of carbonyl (C=O) groups excluding carboxylic acids is 1. The van der Waals surface area contributed by atoms with Gasteiger partial charge in [0, 0.05) is 5.54 Å². The lowest BCUT2D eigenvalue weighted by Crippen LogP contribution is -2.43. The number of cyclic esters (lactones) is 1. The van der Waals surface area contributed by atoms with Crippen LogP contribution in [0.4, 0.5) is 4.79 Å². The molecule has 15 heavy (non-hydrogen) atoms.